The first kappa shape index (κ1) is 10.4. The molecule has 2 fully saturated rings. The fourth-order valence-electron chi connectivity index (χ4n) is 2.65. The first-order chi connectivity index (χ1) is 6.36. The van der Waals surface area contributed by atoms with Crippen LogP contribution in [0.4, 0.5) is 0 Å². The maximum Gasteiger partial charge on any atom is 0.151 e. The Labute approximate surface area is 86.2 Å². The van der Waals surface area contributed by atoms with Crippen LogP contribution in [0, 0.1) is 5.41 Å². The fourth-order valence-corrected chi connectivity index (χ4v) is 4.34. The normalized spacial score (nSPS) is 35.4. The molecule has 0 radical (unpaired) electrons. The van der Waals surface area contributed by atoms with Crippen molar-refractivity contribution in [2.45, 2.75) is 45.2 Å². The third-order valence-corrected chi connectivity index (χ3v) is 5.07. The molecule has 0 aromatic heterocycles. The van der Waals surface area contributed by atoms with Crippen LogP contribution in [0.3, 0.4) is 0 Å². The highest BCUT2D eigenvalue weighted by molar-refractivity contribution is 7.91. The van der Waals surface area contributed by atoms with Gasteiger partial charge < -0.3 is 5.32 Å². The van der Waals surface area contributed by atoms with Gasteiger partial charge in [0.15, 0.2) is 9.84 Å². The molecule has 0 aromatic rings. The maximum absolute atomic E-state index is 11.2. The first-order valence-corrected chi connectivity index (χ1v) is 7.15. The van der Waals surface area contributed by atoms with Crippen LogP contribution in [0.2, 0.25) is 0 Å². The Balaban J connectivity index is 1.79. The second-order valence-electron chi connectivity index (χ2n) is 5.54. The van der Waals surface area contributed by atoms with E-state index in [1.807, 2.05) is 0 Å². The Morgan fingerprint density at radius 1 is 1.21 bits per heavy atom. The Kier molecular flexibility index (Phi) is 2.39. The van der Waals surface area contributed by atoms with Crippen LogP contribution in [0.25, 0.3) is 0 Å². The molecule has 2 rings (SSSR count). The molecule has 1 aliphatic heterocycles. The second kappa shape index (κ2) is 3.20. The number of hydrogen-bond acceptors (Lipinski definition) is 3. The summed E-state index contributed by atoms with van der Waals surface area (Å²) in [4.78, 5) is 0. The van der Waals surface area contributed by atoms with Crippen molar-refractivity contribution in [3.8, 4) is 0 Å². The zero-order chi connectivity index (χ0) is 10.4. The first-order valence-electron chi connectivity index (χ1n) is 5.33. The van der Waals surface area contributed by atoms with E-state index < -0.39 is 9.84 Å². The van der Waals surface area contributed by atoms with Crippen molar-refractivity contribution in [1.82, 2.24) is 5.32 Å². The van der Waals surface area contributed by atoms with Gasteiger partial charge in [0, 0.05) is 12.1 Å². The molecule has 1 heterocycles. The van der Waals surface area contributed by atoms with Crippen LogP contribution in [0.5, 0.6) is 0 Å². The smallest absolute Gasteiger partial charge is 0.151 e. The summed E-state index contributed by atoms with van der Waals surface area (Å²) in [6.45, 7) is 4.52. The molecule has 2 aliphatic rings. The molecular formula is C10H19NO2S. The minimum Gasteiger partial charge on any atom is -0.310 e. The van der Waals surface area contributed by atoms with Gasteiger partial charge in [-0.2, -0.15) is 0 Å². The molecule has 1 atom stereocenters. The molecule has 4 heteroatoms. The molecule has 0 spiro atoms. The molecule has 14 heavy (non-hydrogen) atoms. The van der Waals surface area contributed by atoms with Crippen LogP contribution >= 0.6 is 0 Å². The number of sulfone groups is 1. The lowest BCUT2D eigenvalue weighted by molar-refractivity contribution is 0.119. The van der Waals surface area contributed by atoms with E-state index >= 15 is 0 Å². The number of nitrogens with one attached hydrogen (secondary N) is 1. The average molecular weight is 217 g/mol. The van der Waals surface area contributed by atoms with Crippen LogP contribution in [-0.2, 0) is 9.84 Å². The summed E-state index contributed by atoms with van der Waals surface area (Å²) in [7, 11) is -2.72. The summed E-state index contributed by atoms with van der Waals surface area (Å²) in [6.07, 6.45) is 3.17. The van der Waals surface area contributed by atoms with Crippen molar-refractivity contribution in [3.05, 3.63) is 0 Å². The topological polar surface area (TPSA) is 46.2 Å². The monoisotopic (exact) mass is 217 g/mol. The molecule has 1 unspecified atom stereocenters. The van der Waals surface area contributed by atoms with Gasteiger partial charge >= 0.3 is 0 Å². The predicted molar refractivity (Wildman–Crippen MR) is 57.0 cm³/mol. The molecule has 0 bridgehead atoms. The summed E-state index contributed by atoms with van der Waals surface area (Å²) in [5, 5.41) is 3.45. The highest BCUT2D eigenvalue weighted by Gasteiger charge is 2.38. The Morgan fingerprint density at radius 2 is 1.86 bits per heavy atom. The van der Waals surface area contributed by atoms with E-state index in [9.17, 15) is 8.42 Å². The van der Waals surface area contributed by atoms with Crippen molar-refractivity contribution in [3.63, 3.8) is 0 Å². The molecule has 0 aromatic carbocycles. The lowest BCUT2D eigenvalue weighted by atomic mass is 9.68. The quantitative estimate of drug-likeness (QED) is 0.749. The fraction of sp³-hybridized carbons (Fsp3) is 1.00. The zero-order valence-corrected chi connectivity index (χ0v) is 9.73. The van der Waals surface area contributed by atoms with Crippen molar-refractivity contribution in [1.29, 1.82) is 0 Å². The summed E-state index contributed by atoms with van der Waals surface area (Å²) in [6, 6.07) is 0.782. The van der Waals surface area contributed by atoms with Crippen LogP contribution in [0.15, 0.2) is 0 Å². The minimum absolute atomic E-state index is 0.223. The van der Waals surface area contributed by atoms with Gasteiger partial charge in [0.25, 0.3) is 0 Å². The van der Waals surface area contributed by atoms with E-state index in [-0.39, 0.29) is 6.04 Å². The third kappa shape index (κ3) is 2.28. The maximum atomic E-state index is 11.2. The molecule has 0 amide bonds. The summed E-state index contributed by atoms with van der Waals surface area (Å²) in [5.74, 6) is 0.727. The molecule has 1 aliphatic carbocycles. The highest BCUT2D eigenvalue weighted by Crippen LogP contribution is 2.40. The summed E-state index contributed by atoms with van der Waals surface area (Å²) < 4.78 is 22.4. The van der Waals surface area contributed by atoms with Crippen LogP contribution in [-0.4, -0.2) is 32.0 Å². The largest absolute Gasteiger partial charge is 0.310 e. The Morgan fingerprint density at radius 3 is 2.29 bits per heavy atom. The van der Waals surface area contributed by atoms with E-state index in [0.717, 1.165) is 6.42 Å². The summed E-state index contributed by atoms with van der Waals surface area (Å²) in [5.41, 5.74) is 0.467. The number of rotatable bonds is 2. The Hall–Kier alpha value is -0.0900. The lowest BCUT2D eigenvalue weighted by Crippen LogP contribution is -2.50. The van der Waals surface area contributed by atoms with Crippen LogP contribution < -0.4 is 5.32 Å². The van der Waals surface area contributed by atoms with E-state index in [2.05, 4.69) is 19.2 Å². The van der Waals surface area contributed by atoms with E-state index in [4.69, 9.17) is 0 Å². The van der Waals surface area contributed by atoms with E-state index in [1.165, 1.54) is 12.8 Å². The van der Waals surface area contributed by atoms with Gasteiger partial charge in [0.2, 0.25) is 0 Å². The van der Waals surface area contributed by atoms with Crippen molar-refractivity contribution < 1.29 is 8.42 Å². The molecule has 1 saturated heterocycles. The third-order valence-electron chi connectivity index (χ3n) is 3.30. The van der Waals surface area contributed by atoms with Crippen LogP contribution in [0.1, 0.15) is 33.1 Å². The zero-order valence-electron chi connectivity index (χ0n) is 8.91. The van der Waals surface area contributed by atoms with Gasteiger partial charge in [-0.05, 0) is 24.7 Å². The van der Waals surface area contributed by atoms with Crippen molar-refractivity contribution in [2.75, 3.05) is 11.5 Å². The standard InChI is InChI=1S/C10H19NO2S/c1-10(2)5-9(6-10)11-8-3-4-14(12,13)7-8/h8-9,11H,3-7H2,1-2H3. The minimum atomic E-state index is -2.72. The number of hydrogen-bond donors (Lipinski definition) is 1. The molecule has 1 N–H and O–H groups in total. The highest BCUT2D eigenvalue weighted by atomic mass is 32.2. The lowest BCUT2D eigenvalue weighted by Gasteiger charge is -2.44. The van der Waals surface area contributed by atoms with Gasteiger partial charge in [-0.1, -0.05) is 13.8 Å². The molecule has 3 nitrogen and oxygen atoms in total. The molecular weight excluding hydrogens is 198 g/mol. The van der Waals surface area contributed by atoms with Gasteiger partial charge in [0.05, 0.1) is 11.5 Å². The predicted octanol–water partition coefficient (Wildman–Crippen LogP) is 0.952. The summed E-state index contributed by atoms with van der Waals surface area (Å²) >= 11 is 0. The SMILES string of the molecule is CC1(C)CC(NC2CCS(=O)(=O)C2)C1. The second-order valence-corrected chi connectivity index (χ2v) is 7.76. The Bertz CT molecular complexity index is 313. The van der Waals surface area contributed by atoms with Gasteiger partial charge in [-0.15, -0.1) is 0 Å². The molecule has 82 valence electrons. The van der Waals surface area contributed by atoms with Crippen molar-refractivity contribution >= 4 is 9.84 Å². The van der Waals surface area contributed by atoms with E-state index in [1.54, 1.807) is 0 Å². The average Bonchev–Trinajstić information content (AvgIpc) is 2.26. The van der Waals surface area contributed by atoms with Gasteiger partial charge in [0.1, 0.15) is 0 Å². The van der Waals surface area contributed by atoms with E-state index in [0.29, 0.717) is 23.0 Å². The van der Waals surface area contributed by atoms with Crippen molar-refractivity contribution in [2.24, 2.45) is 5.41 Å². The molecule has 1 saturated carbocycles. The van der Waals surface area contributed by atoms with Gasteiger partial charge in [-0.3, -0.25) is 0 Å². The van der Waals surface area contributed by atoms with Gasteiger partial charge in [-0.25, -0.2) is 8.42 Å².